The standard InChI is InChI=1S/C16H17O4/c1-18-12-8-5-4-7-11(12)16(17)15-13(19-2)9-6-10-14(15)20-3/h4-10,16H,1-3H3. The zero-order valence-corrected chi connectivity index (χ0v) is 11.8. The maximum atomic E-state index is 12.8. The van der Waals surface area contributed by atoms with Gasteiger partial charge in [0.05, 0.1) is 26.9 Å². The van der Waals surface area contributed by atoms with Crippen molar-refractivity contribution in [3.05, 3.63) is 53.6 Å². The number of ether oxygens (including phenoxy) is 3. The van der Waals surface area contributed by atoms with Crippen LogP contribution in [0, 0.1) is 0 Å². The van der Waals surface area contributed by atoms with Gasteiger partial charge < -0.3 is 14.2 Å². The molecule has 0 saturated heterocycles. The molecule has 20 heavy (non-hydrogen) atoms. The molecule has 0 aliphatic rings. The minimum Gasteiger partial charge on any atom is -0.496 e. The maximum Gasteiger partial charge on any atom is 0.154 e. The predicted molar refractivity (Wildman–Crippen MR) is 75.1 cm³/mol. The molecule has 0 aromatic heterocycles. The lowest BCUT2D eigenvalue weighted by Gasteiger charge is -2.18. The summed E-state index contributed by atoms with van der Waals surface area (Å²) in [5.41, 5.74) is 1.03. The third-order valence-corrected chi connectivity index (χ3v) is 3.15. The third kappa shape index (κ3) is 2.56. The van der Waals surface area contributed by atoms with Gasteiger partial charge >= 0.3 is 0 Å². The van der Waals surface area contributed by atoms with Crippen LogP contribution in [0.1, 0.15) is 17.2 Å². The van der Waals surface area contributed by atoms with Crippen molar-refractivity contribution in [2.45, 2.75) is 6.10 Å². The van der Waals surface area contributed by atoms with Crippen molar-refractivity contribution < 1.29 is 19.3 Å². The van der Waals surface area contributed by atoms with Crippen LogP contribution in [0.2, 0.25) is 0 Å². The fraction of sp³-hybridized carbons (Fsp3) is 0.250. The molecule has 0 saturated carbocycles. The molecular formula is C16H17O4. The third-order valence-electron chi connectivity index (χ3n) is 3.15. The Morgan fingerprint density at radius 3 is 1.80 bits per heavy atom. The van der Waals surface area contributed by atoms with Crippen molar-refractivity contribution in [3.8, 4) is 17.2 Å². The van der Waals surface area contributed by atoms with Crippen molar-refractivity contribution in [1.29, 1.82) is 0 Å². The van der Waals surface area contributed by atoms with E-state index < -0.39 is 6.10 Å². The van der Waals surface area contributed by atoms with Crippen LogP contribution in [0.3, 0.4) is 0 Å². The van der Waals surface area contributed by atoms with Gasteiger partial charge in [0.15, 0.2) is 6.10 Å². The first-order valence-electron chi connectivity index (χ1n) is 6.22. The zero-order chi connectivity index (χ0) is 14.5. The molecule has 0 bridgehead atoms. The van der Waals surface area contributed by atoms with Gasteiger partial charge in [0.2, 0.25) is 0 Å². The fourth-order valence-electron chi connectivity index (χ4n) is 2.18. The Hall–Kier alpha value is -2.20. The topological polar surface area (TPSA) is 47.6 Å². The van der Waals surface area contributed by atoms with Crippen LogP contribution < -0.4 is 14.2 Å². The van der Waals surface area contributed by atoms with Crippen LogP contribution in [0.15, 0.2) is 42.5 Å². The predicted octanol–water partition coefficient (Wildman–Crippen LogP) is 3.23. The lowest BCUT2D eigenvalue weighted by Crippen LogP contribution is -2.05. The van der Waals surface area contributed by atoms with Crippen molar-refractivity contribution in [2.75, 3.05) is 21.3 Å². The maximum absolute atomic E-state index is 12.8. The van der Waals surface area contributed by atoms with E-state index in [0.29, 0.717) is 28.4 Å². The van der Waals surface area contributed by atoms with Crippen LogP contribution in [0.4, 0.5) is 0 Å². The quantitative estimate of drug-likeness (QED) is 0.840. The summed E-state index contributed by atoms with van der Waals surface area (Å²) in [6.07, 6.45) is -1.14. The Morgan fingerprint density at radius 2 is 1.25 bits per heavy atom. The largest absolute Gasteiger partial charge is 0.496 e. The molecule has 0 aliphatic heterocycles. The van der Waals surface area contributed by atoms with Crippen molar-refractivity contribution in [3.63, 3.8) is 0 Å². The van der Waals surface area contributed by atoms with E-state index >= 15 is 0 Å². The second kappa shape index (κ2) is 6.30. The number of hydrogen-bond donors (Lipinski definition) is 0. The lowest BCUT2D eigenvalue weighted by molar-refractivity contribution is 0.116. The van der Waals surface area contributed by atoms with Crippen LogP contribution in [0.5, 0.6) is 17.2 Å². The molecule has 0 fully saturated rings. The molecule has 1 radical (unpaired) electrons. The molecule has 1 atom stereocenters. The molecule has 4 nitrogen and oxygen atoms in total. The van der Waals surface area contributed by atoms with E-state index in [0.717, 1.165) is 0 Å². The molecule has 2 aromatic rings. The molecule has 0 aliphatic carbocycles. The molecule has 105 valence electrons. The van der Waals surface area contributed by atoms with E-state index in [1.165, 1.54) is 14.2 Å². The summed E-state index contributed by atoms with van der Waals surface area (Å²) in [6.45, 7) is 0. The SMILES string of the molecule is COc1ccccc1C([O])c1c(OC)cccc1OC. The van der Waals surface area contributed by atoms with E-state index in [9.17, 15) is 5.11 Å². The molecule has 4 heteroatoms. The highest BCUT2D eigenvalue weighted by molar-refractivity contribution is 5.51. The summed E-state index contributed by atoms with van der Waals surface area (Å²) >= 11 is 0. The van der Waals surface area contributed by atoms with Crippen LogP contribution in [0.25, 0.3) is 0 Å². The van der Waals surface area contributed by atoms with Crippen molar-refractivity contribution in [2.24, 2.45) is 0 Å². The van der Waals surface area contributed by atoms with Gasteiger partial charge in [-0.05, 0) is 18.2 Å². The highest BCUT2D eigenvalue weighted by Crippen LogP contribution is 2.40. The summed E-state index contributed by atoms with van der Waals surface area (Å²) in [7, 11) is 4.62. The smallest absolute Gasteiger partial charge is 0.154 e. The molecule has 0 amide bonds. The lowest BCUT2D eigenvalue weighted by atomic mass is 9.99. The van der Waals surface area contributed by atoms with Gasteiger partial charge in [-0.1, -0.05) is 24.3 Å². The normalized spacial score (nSPS) is 11.8. The van der Waals surface area contributed by atoms with E-state index in [2.05, 4.69) is 0 Å². The van der Waals surface area contributed by atoms with Gasteiger partial charge in [0.1, 0.15) is 17.2 Å². The summed E-state index contributed by atoms with van der Waals surface area (Å²) in [5.74, 6) is 1.57. The van der Waals surface area contributed by atoms with E-state index in [-0.39, 0.29) is 0 Å². The minimum absolute atomic E-state index is 0.474. The molecule has 0 heterocycles. The van der Waals surface area contributed by atoms with E-state index in [1.54, 1.807) is 37.4 Å². The fourth-order valence-corrected chi connectivity index (χ4v) is 2.18. The summed E-state index contributed by atoms with van der Waals surface area (Å²) < 4.78 is 15.8. The van der Waals surface area contributed by atoms with Crippen LogP contribution in [-0.4, -0.2) is 21.3 Å². The second-order valence-corrected chi connectivity index (χ2v) is 4.20. The molecular weight excluding hydrogens is 256 g/mol. The van der Waals surface area contributed by atoms with Crippen molar-refractivity contribution in [1.82, 2.24) is 0 Å². The number of benzene rings is 2. The summed E-state index contributed by atoms with van der Waals surface area (Å²) in [5, 5.41) is 12.8. The van der Waals surface area contributed by atoms with Crippen LogP contribution in [-0.2, 0) is 5.11 Å². The van der Waals surface area contributed by atoms with Gasteiger partial charge in [-0.25, -0.2) is 5.11 Å². The zero-order valence-electron chi connectivity index (χ0n) is 11.8. The van der Waals surface area contributed by atoms with Gasteiger partial charge in [0.25, 0.3) is 0 Å². The Labute approximate surface area is 118 Å². The first-order valence-corrected chi connectivity index (χ1v) is 6.22. The molecule has 2 rings (SSSR count). The molecule has 1 unspecified atom stereocenters. The first kappa shape index (κ1) is 14.2. The van der Waals surface area contributed by atoms with Crippen molar-refractivity contribution >= 4 is 0 Å². The average molecular weight is 273 g/mol. The van der Waals surface area contributed by atoms with E-state index in [1.807, 2.05) is 12.1 Å². The Balaban J connectivity index is 2.55. The molecule has 0 N–H and O–H groups in total. The Kier molecular flexibility index (Phi) is 4.48. The molecule has 0 spiro atoms. The first-order chi connectivity index (χ1) is 9.72. The summed E-state index contributed by atoms with van der Waals surface area (Å²) in [4.78, 5) is 0. The summed E-state index contributed by atoms with van der Waals surface area (Å²) in [6, 6.07) is 12.4. The van der Waals surface area contributed by atoms with Gasteiger partial charge in [-0.15, -0.1) is 0 Å². The van der Waals surface area contributed by atoms with E-state index in [4.69, 9.17) is 14.2 Å². The van der Waals surface area contributed by atoms with Gasteiger partial charge in [0, 0.05) is 5.56 Å². The number of methoxy groups -OCH3 is 3. The second-order valence-electron chi connectivity index (χ2n) is 4.20. The highest BCUT2D eigenvalue weighted by atomic mass is 16.5. The van der Waals surface area contributed by atoms with Gasteiger partial charge in [-0.2, -0.15) is 0 Å². The number of rotatable bonds is 5. The Bertz CT molecular complexity index is 558. The average Bonchev–Trinajstić information content (AvgIpc) is 2.53. The Morgan fingerprint density at radius 1 is 0.750 bits per heavy atom. The molecule has 2 aromatic carbocycles. The monoisotopic (exact) mass is 273 g/mol. The van der Waals surface area contributed by atoms with Gasteiger partial charge in [-0.3, -0.25) is 0 Å². The number of hydrogen-bond acceptors (Lipinski definition) is 3. The minimum atomic E-state index is -1.14. The number of para-hydroxylation sites is 1. The highest BCUT2D eigenvalue weighted by Gasteiger charge is 2.24. The van der Waals surface area contributed by atoms with Crippen LogP contribution >= 0.6 is 0 Å².